The van der Waals surface area contributed by atoms with Crippen LogP contribution in [0.1, 0.15) is 10.5 Å². The van der Waals surface area contributed by atoms with Crippen molar-refractivity contribution in [3.05, 3.63) is 18.0 Å². The summed E-state index contributed by atoms with van der Waals surface area (Å²) in [5.74, 6) is -0.679. The number of aromatic carboxylic acids is 1. The number of carboxylic acids is 1. The van der Waals surface area contributed by atoms with E-state index in [0.29, 0.717) is 18.5 Å². The van der Waals surface area contributed by atoms with Gasteiger partial charge in [0, 0.05) is 38.4 Å². The van der Waals surface area contributed by atoms with E-state index in [2.05, 4.69) is 39.2 Å². The van der Waals surface area contributed by atoms with Gasteiger partial charge in [0.25, 0.3) is 0 Å². The lowest BCUT2D eigenvalue weighted by atomic mass is 10.2. The highest BCUT2D eigenvalue weighted by Crippen LogP contribution is 2.07. The van der Waals surface area contributed by atoms with Crippen molar-refractivity contribution in [3.63, 3.8) is 0 Å². The second-order valence-corrected chi connectivity index (χ2v) is 4.85. The number of nitrogens with zero attached hydrogens (tertiary/aromatic N) is 4. The van der Waals surface area contributed by atoms with E-state index in [1.54, 1.807) is 0 Å². The Morgan fingerprint density at radius 1 is 1.53 bits per heavy atom. The third kappa shape index (κ3) is 3.62. The average molecular weight is 265 g/mol. The van der Waals surface area contributed by atoms with Crippen LogP contribution in [0.2, 0.25) is 0 Å². The summed E-state index contributed by atoms with van der Waals surface area (Å²) < 4.78 is 0. The molecule has 0 aromatic carbocycles. The van der Waals surface area contributed by atoms with Gasteiger partial charge < -0.3 is 15.3 Å². The summed E-state index contributed by atoms with van der Waals surface area (Å²) in [5, 5.41) is 12.0. The number of likely N-dealkylation sites (N-methyl/N-ethyl adjacent to an activating group) is 2. The fourth-order valence-corrected chi connectivity index (χ4v) is 2.09. The minimum atomic E-state index is -1.04. The second kappa shape index (κ2) is 5.94. The van der Waals surface area contributed by atoms with E-state index in [1.807, 2.05) is 0 Å². The van der Waals surface area contributed by atoms with E-state index in [1.165, 1.54) is 12.3 Å². The van der Waals surface area contributed by atoms with Crippen molar-refractivity contribution in [1.29, 1.82) is 0 Å². The van der Waals surface area contributed by atoms with Gasteiger partial charge in [0.1, 0.15) is 0 Å². The Kier molecular flexibility index (Phi) is 4.28. The molecule has 104 valence electrons. The molecule has 1 aliphatic rings. The van der Waals surface area contributed by atoms with Gasteiger partial charge in [0.2, 0.25) is 5.95 Å². The summed E-state index contributed by atoms with van der Waals surface area (Å²) in [5.41, 5.74) is 0.00613. The Bertz CT molecular complexity index is 454. The smallest absolute Gasteiger partial charge is 0.354 e. The van der Waals surface area contributed by atoms with Crippen LogP contribution in [-0.2, 0) is 0 Å². The van der Waals surface area contributed by atoms with Crippen molar-refractivity contribution in [2.75, 3.05) is 45.6 Å². The van der Waals surface area contributed by atoms with Gasteiger partial charge in [-0.2, -0.15) is 0 Å². The molecule has 1 aromatic rings. The maximum absolute atomic E-state index is 10.8. The number of carboxylic acid groups (broad SMARTS) is 1. The van der Waals surface area contributed by atoms with E-state index in [4.69, 9.17) is 5.11 Å². The third-order valence-corrected chi connectivity index (χ3v) is 3.35. The zero-order chi connectivity index (χ0) is 13.8. The SMILES string of the molecule is CN1CCN(C)C(CNc2nccc(C(=O)O)n2)C1. The number of hydrogen-bond acceptors (Lipinski definition) is 6. The van der Waals surface area contributed by atoms with Gasteiger partial charge >= 0.3 is 5.97 Å². The number of aromatic nitrogens is 2. The first-order valence-electron chi connectivity index (χ1n) is 6.25. The lowest BCUT2D eigenvalue weighted by Crippen LogP contribution is -2.52. The van der Waals surface area contributed by atoms with Gasteiger partial charge in [-0.1, -0.05) is 0 Å². The zero-order valence-electron chi connectivity index (χ0n) is 11.2. The Balaban J connectivity index is 1.94. The second-order valence-electron chi connectivity index (χ2n) is 4.85. The quantitative estimate of drug-likeness (QED) is 0.782. The van der Waals surface area contributed by atoms with Gasteiger partial charge in [0.15, 0.2) is 5.69 Å². The maximum Gasteiger partial charge on any atom is 0.354 e. The molecular formula is C12H19N5O2. The molecule has 0 amide bonds. The van der Waals surface area contributed by atoms with Crippen molar-refractivity contribution >= 4 is 11.9 Å². The molecule has 2 rings (SSSR count). The average Bonchev–Trinajstić information content (AvgIpc) is 2.40. The number of anilines is 1. The maximum atomic E-state index is 10.8. The van der Waals surface area contributed by atoms with Crippen LogP contribution in [0.25, 0.3) is 0 Å². The monoisotopic (exact) mass is 265 g/mol. The first kappa shape index (κ1) is 13.7. The van der Waals surface area contributed by atoms with E-state index in [0.717, 1.165) is 19.6 Å². The van der Waals surface area contributed by atoms with Crippen LogP contribution in [0.4, 0.5) is 5.95 Å². The highest BCUT2D eigenvalue weighted by molar-refractivity contribution is 5.85. The predicted molar refractivity (Wildman–Crippen MR) is 71.4 cm³/mol. The van der Waals surface area contributed by atoms with Gasteiger partial charge in [-0.05, 0) is 20.2 Å². The summed E-state index contributed by atoms with van der Waals surface area (Å²) in [6.45, 7) is 3.77. The van der Waals surface area contributed by atoms with E-state index in [-0.39, 0.29) is 5.69 Å². The van der Waals surface area contributed by atoms with Crippen molar-refractivity contribution in [2.45, 2.75) is 6.04 Å². The molecule has 2 N–H and O–H groups in total. The molecule has 1 saturated heterocycles. The first-order chi connectivity index (χ1) is 9.06. The Labute approximate surface area is 112 Å². The topological polar surface area (TPSA) is 81.6 Å². The van der Waals surface area contributed by atoms with Crippen LogP contribution in [0.15, 0.2) is 12.3 Å². The van der Waals surface area contributed by atoms with Gasteiger partial charge in [-0.3, -0.25) is 4.90 Å². The number of hydrogen-bond donors (Lipinski definition) is 2. The van der Waals surface area contributed by atoms with Crippen LogP contribution >= 0.6 is 0 Å². The van der Waals surface area contributed by atoms with Crippen molar-refractivity contribution < 1.29 is 9.90 Å². The van der Waals surface area contributed by atoms with Gasteiger partial charge in [0.05, 0.1) is 0 Å². The normalized spacial score (nSPS) is 21.3. The molecule has 0 aliphatic carbocycles. The Morgan fingerprint density at radius 2 is 2.32 bits per heavy atom. The lowest BCUT2D eigenvalue weighted by molar-refractivity contribution is 0.0690. The molecule has 7 nitrogen and oxygen atoms in total. The zero-order valence-corrected chi connectivity index (χ0v) is 11.2. The van der Waals surface area contributed by atoms with Crippen molar-refractivity contribution in [2.24, 2.45) is 0 Å². The minimum absolute atomic E-state index is 0.00613. The lowest BCUT2D eigenvalue weighted by Gasteiger charge is -2.37. The standard InChI is InChI=1S/C12H19N5O2/c1-16-5-6-17(2)9(8-16)7-14-12-13-4-3-10(15-12)11(18)19/h3-4,9H,5-8H2,1-2H3,(H,18,19)(H,13,14,15). The fraction of sp³-hybridized carbons (Fsp3) is 0.583. The number of nitrogens with one attached hydrogen (secondary N) is 1. The molecule has 1 aromatic heterocycles. The number of rotatable bonds is 4. The largest absolute Gasteiger partial charge is 0.477 e. The van der Waals surface area contributed by atoms with Crippen molar-refractivity contribution in [1.82, 2.24) is 19.8 Å². The fourth-order valence-electron chi connectivity index (χ4n) is 2.09. The third-order valence-electron chi connectivity index (χ3n) is 3.35. The van der Waals surface area contributed by atoms with E-state index in [9.17, 15) is 4.79 Å². The molecule has 0 spiro atoms. The Hall–Kier alpha value is -1.73. The molecule has 2 heterocycles. The molecule has 1 fully saturated rings. The van der Waals surface area contributed by atoms with Crippen LogP contribution < -0.4 is 5.32 Å². The highest BCUT2D eigenvalue weighted by Gasteiger charge is 2.22. The summed E-state index contributed by atoms with van der Waals surface area (Å²) in [7, 11) is 4.19. The van der Waals surface area contributed by atoms with Crippen molar-refractivity contribution in [3.8, 4) is 0 Å². The molecule has 19 heavy (non-hydrogen) atoms. The summed E-state index contributed by atoms with van der Waals surface area (Å²) >= 11 is 0. The molecule has 0 bridgehead atoms. The summed E-state index contributed by atoms with van der Waals surface area (Å²) in [6.07, 6.45) is 1.45. The van der Waals surface area contributed by atoms with Crippen LogP contribution in [-0.4, -0.2) is 77.2 Å². The number of carbonyl (C=O) groups is 1. The van der Waals surface area contributed by atoms with E-state index >= 15 is 0 Å². The van der Waals surface area contributed by atoms with Crippen LogP contribution in [0, 0.1) is 0 Å². The van der Waals surface area contributed by atoms with E-state index < -0.39 is 5.97 Å². The molecule has 1 unspecified atom stereocenters. The molecule has 0 radical (unpaired) electrons. The van der Waals surface area contributed by atoms with Crippen LogP contribution in [0.5, 0.6) is 0 Å². The molecule has 0 saturated carbocycles. The summed E-state index contributed by atoms with van der Waals surface area (Å²) in [4.78, 5) is 23.4. The Morgan fingerprint density at radius 3 is 3.05 bits per heavy atom. The highest BCUT2D eigenvalue weighted by atomic mass is 16.4. The van der Waals surface area contributed by atoms with Gasteiger partial charge in [-0.25, -0.2) is 14.8 Å². The first-order valence-corrected chi connectivity index (χ1v) is 6.25. The molecular weight excluding hydrogens is 246 g/mol. The number of piperazine rings is 1. The molecule has 1 atom stereocenters. The molecule has 1 aliphatic heterocycles. The molecule has 7 heteroatoms. The minimum Gasteiger partial charge on any atom is -0.477 e. The van der Waals surface area contributed by atoms with Gasteiger partial charge in [-0.15, -0.1) is 0 Å². The van der Waals surface area contributed by atoms with Crippen LogP contribution in [0.3, 0.4) is 0 Å². The predicted octanol–water partition coefficient (Wildman–Crippen LogP) is -0.167. The summed E-state index contributed by atoms with van der Waals surface area (Å²) in [6, 6.07) is 1.75.